The van der Waals surface area contributed by atoms with Crippen LogP contribution in [0, 0.1) is 0 Å². The van der Waals surface area contributed by atoms with E-state index in [9.17, 15) is 9.90 Å². The maximum absolute atomic E-state index is 11.7. The number of rotatable bonds is 7. The van der Waals surface area contributed by atoms with E-state index in [1.165, 1.54) is 17.5 Å². The van der Waals surface area contributed by atoms with Gasteiger partial charge in [-0.2, -0.15) is 0 Å². The number of hydrogen-bond donors (Lipinski definition) is 1. The minimum absolute atomic E-state index is 0.107. The number of methoxy groups -OCH3 is 1. The van der Waals surface area contributed by atoms with Crippen LogP contribution >= 0.6 is 0 Å². The zero-order valence-corrected chi connectivity index (χ0v) is 19.7. The summed E-state index contributed by atoms with van der Waals surface area (Å²) in [5.41, 5.74) is 0. The highest BCUT2D eigenvalue weighted by Gasteiger charge is 2.50. The second-order valence-corrected chi connectivity index (χ2v) is 13.1. The van der Waals surface area contributed by atoms with Gasteiger partial charge in [0.1, 0.15) is 12.2 Å². The molecule has 2 aromatic rings. The predicted octanol–water partition coefficient (Wildman–Crippen LogP) is 2.81. The Bertz CT molecular complexity index is 836. The molecule has 0 aromatic heterocycles. The summed E-state index contributed by atoms with van der Waals surface area (Å²) in [5.74, 6) is -0.349. The highest BCUT2D eigenvalue weighted by Crippen LogP contribution is 2.37. The van der Waals surface area contributed by atoms with Crippen LogP contribution in [0.5, 0.6) is 0 Å². The summed E-state index contributed by atoms with van der Waals surface area (Å²) < 4.78 is 17.6. The summed E-state index contributed by atoms with van der Waals surface area (Å²) in [6.45, 7) is 6.84. The van der Waals surface area contributed by atoms with E-state index in [1.807, 2.05) is 36.4 Å². The topological polar surface area (TPSA) is 65.0 Å². The van der Waals surface area contributed by atoms with Crippen molar-refractivity contribution in [2.75, 3.05) is 13.7 Å². The van der Waals surface area contributed by atoms with Gasteiger partial charge in [0.05, 0.1) is 26.2 Å². The largest absolute Gasteiger partial charge is 0.469 e. The molecule has 2 aromatic carbocycles. The molecule has 1 N–H and O–H groups in total. The number of ether oxygens (including phenoxy) is 2. The first-order valence-corrected chi connectivity index (χ1v) is 12.5. The number of aliphatic hydroxyl groups is 1. The summed E-state index contributed by atoms with van der Waals surface area (Å²) in [6.07, 6.45) is 1.68. The van der Waals surface area contributed by atoms with Crippen molar-refractivity contribution in [3.63, 3.8) is 0 Å². The maximum Gasteiger partial charge on any atom is 0.308 e. The standard InChI is InChI=1S/C25H32O5Si/c1-25(2,3)31(20-11-7-5-8-12-20,21-13-9-6-10-14-21)29-18-23-22(26)16-15-19(30-23)17-24(27)28-4/h5-16,19,22-23,26H,17-18H2,1-4H3/t19-,22-,23+/m0/s1. The molecule has 0 unspecified atom stereocenters. The maximum atomic E-state index is 11.7. The lowest BCUT2D eigenvalue weighted by Crippen LogP contribution is -2.67. The molecule has 0 fully saturated rings. The lowest BCUT2D eigenvalue weighted by Gasteiger charge is -2.44. The molecule has 6 heteroatoms. The molecule has 3 atom stereocenters. The van der Waals surface area contributed by atoms with Crippen molar-refractivity contribution in [1.29, 1.82) is 0 Å². The van der Waals surface area contributed by atoms with Gasteiger partial charge < -0.3 is 19.0 Å². The van der Waals surface area contributed by atoms with E-state index in [-0.39, 0.29) is 24.0 Å². The molecule has 0 saturated heterocycles. The molecule has 31 heavy (non-hydrogen) atoms. The van der Waals surface area contributed by atoms with Gasteiger partial charge in [-0.15, -0.1) is 0 Å². The molecule has 0 aliphatic carbocycles. The minimum Gasteiger partial charge on any atom is -0.469 e. The van der Waals surface area contributed by atoms with Gasteiger partial charge in [-0.05, 0) is 15.4 Å². The van der Waals surface area contributed by atoms with Crippen molar-refractivity contribution in [2.24, 2.45) is 0 Å². The van der Waals surface area contributed by atoms with E-state index >= 15 is 0 Å². The van der Waals surface area contributed by atoms with Crippen LogP contribution in [0.2, 0.25) is 5.04 Å². The quantitative estimate of drug-likeness (QED) is 0.407. The summed E-state index contributed by atoms with van der Waals surface area (Å²) in [5, 5.41) is 12.7. The first-order valence-electron chi connectivity index (χ1n) is 10.6. The third kappa shape index (κ3) is 5.15. The Morgan fingerprint density at radius 1 is 1.00 bits per heavy atom. The van der Waals surface area contributed by atoms with Crippen molar-refractivity contribution in [1.82, 2.24) is 0 Å². The van der Waals surface area contributed by atoms with Crippen molar-refractivity contribution in [3.8, 4) is 0 Å². The molecule has 3 rings (SSSR count). The SMILES string of the molecule is COC(=O)C[C@@H]1C=C[C@H](O)[C@@H](CO[Si](c2ccccc2)(c2ccccc2)C(C)(C)C)O1. The Morgan fingerprint density at radius 3 is 2.03 bits per heavy atom. The van der Waals surface area contributed by atoms with E-state index in [0.29, 0.717) is 0 Å². The summed E-state index contributed by atoms with van der Waals surface area (Å²) in [4.78, 5) is 11.7. The van der Waals surface area contributed by atoms with Crippen LogP contribution < -0.4 is 10.4 Å². The van der Waals surface area contributed by atoms with Gasteiger partial charge in [-0.1, -0.05) is 93.6 Å². The number of hydrogen-bond acceptors (Lipinski definition) is 5. The Labute approximate surface area is 185 Å². The number of esters is 1. The third-order valence-corrected chi connectivity index (χ3v) is 10.7. The van der Waals surface area contributed by atoms with Gasteiger partial charge in [0.25, 0.3) is 8.32 Å². The molecular weight excluding hydrogens is 408 g/mol. The van der Waals surface area contributed by atoms with E-state index in [4.69, 9.17) is 13.9 Å². The molecule has 1 aliphatic rings. The highest BCUT2D eigenvalue weighted by molar-refractivity contribution is 6.99. The lowest BCUT2D eigenvalue weighted by atomic mass is 10.1. The number of benzene rings is 2. The molecule has 0 saturated carbocycles. The van der Waals surface area contributed by atoms with Gasteiger partial charge in [-0.25, -0.2) is 0 Å². The number of aliphatic hydroxyl groups excluding tert-OH is 1. The Kier molecular flexibility index (Phi) is 7.49. The zero-order valence-electron chi connectivity index (χ0n) is 18.7. The van der Waals surface area contributed by atoms with E-state index in [1.54, 1.807) is 12.2 Å². The van der Waals surface area contributed by atoms with Crippen LogP contribution in [-0.4, -0.2) is 51.4 Å². The van der Waals surface area contributed by atoms with Gasteiger partial charge in [0.2, 0.25) is 0 Å². The van der Waals surface area contributed by atoms with Crippen LogP contribution in [0.15, 0.2) is 72.8 Å². The number of carbonyl (C=O) groups is 1. The van der Waals surface area contributed by atoms with Crippen molar-refractivity contribution < 1.29 is 23.8 Å². The van der Waals surface area contributed by atoms with E-state index in [2.05, 4.69) is 45.0 Å². The smallest absolute Gasteiger partial charge is 0.308 e. The molecule has 1 aliphatic heterocycles. The highest BCUT2D eigenvalue weighted by atomic mass is 28.4. The Balaban J connectivity index is 1.93. The summed E-state index contributed by atoms with van der Waals surface area (Å²) >= 11 is 0. The Hall–Kier alpha value is -2.25. The normalized spacial score (nSPS) is 21.6. The van der Waals surface area contributed by atoms with Gasteiger partial charge in [0, 0.05) is 0 Å². The van der Waals surface area contributed by atoms with Crippen LogP contribution in [0.4, 0.5) is 0 Å². The fraction of sp³-hybridized carbons (Fsp3) is 0.400. The molecule has 0 radical (unpaired) electrons. The van der Waals surface area contributed by atoms with E-state index in [0.717, 1.165) is 0 Å². The second-order valence-electron chi connectivity index (χ2n) is 8.84. The molecule has 166 valence electrons. The van der Waals surface area contributed by atoms with Gasteiger partial charge in [0.15, 0.2) is 0 Å². The number of carbonyl (C=O) groups excluding carboxylic acids is 1. The fourth-order valence-electron chi connectivity index (χ4n) is 4.18. The second kappa shape index (κ2) is 9.91. The average molecular weight is 441 g/mol. The molecular formula is C25H32O5Si. The fourth-order valence-corrected chi connectivity index (χ4v) is 8.75. The molecule has 1 heterocycles. The first kappa shape index (κ1) is 23.4. The van der Waals surface area contributed by atoms with Crippen molar-refractivity contribution in [3.05, 3.63) is 72.8 Å². The van der Waals surface area contributed by atoms with Crippen LogP contribution in [0.25, 0.3) is 0 Å². The third-order valence-electron chi connectivity index (χ3n) is 5.73. The van der Waals surface area contributed by atoms with Crippen molar-refractivity contribution in [2.45, 2.75) is 50.5 Å². The monoisotopic (exact) mass is 440 g/mol. The molecule has 0 spiro atoms. The summed E-state index contributed by atoms with van der Waals surface area (Å²) in [6, 6.07) is 20.7. The van der Waals surface area contributed by atoms with Crippen LogP contribution in [-0.2, 0) is 18.7 Å². The molecule has 0 amide bonds. The average Bonchev–Trinajstić information content (AvgIpc) is 2.76. The molecule has 0 bridgehead atoms. The van der Waals surface area contributed by atoms with Crippen LogP contribution in [0.1, 0.15) is 27.2 Å². The molecule has 5 nitrogen and oxygen atoms in total. The van der Waals surface area contributed by atoms with Crippen molar-refractivity contribution >= 4 is 24.7 Å². The van der Waals surface area contributed by atoms with Crippen LogP contribution in [0.3, 0.4) is 0 Å². The van der Waals surface area contributed by atoms with Gasteiger partial charge >= 0.3 is 5.97 Å². The zero-order chi connectivity index (χ0) is 22.5. The first-order chi connectivity index (χ1) is 14.8. The summed E-state index contributed by atoms with van der Waals surface area (Å²) in [7, 11) is -1.38. The Morgan fingerprint density at radius 2 is 1.55 bits per heavy atom. The predicted molar refractivity (Wildman–Crippen MR) is 124 cm³/mol. The van der Waals surface area contributed by atoms with Gasteiger partial charge in [-0.3, -0.25) is 4.79 Å². The van der Waals surface area contributed by atoms with E-state index < -0.39 is 26.6 Å². The minimum atomic E-state index is -2.73. The lowest BCUT2D eigenvalue weighted by molar-refractivity contribution is -0.146.